The molecule has 0 saturated carbocycles. The van der Waals surface area contributed by atoms with Crippen molar-refractivity contribution in [2.75, 3.05) is 18.6 Å². The van der Waals surface area contributed by atoms with Gasteiger partial charge in [0.25, 0.3) is 0 Å². The molecule has 0 amide bonds. The first-order valence-corrected chi connectivity index (χ1v) is 7.88. The highest BCUT2D eigenvalue weighted by molar-refractivity contribution is 7.90. The Labute approximate surface area is 104 Å². The minimum atomic E-state index is -2.99. The van der Waals surface area contributed by atoms with E-state index in [0.29, 0.717) is 0 Å². The third-order valence-corrected chi connectivity index (χ3v) is 3.88. The first kappa shape index (κ1) is 14.2. The lowest BCUT2D eigenvalue weighted by molar-refractivity contribution is 0.561. The van der Waals surface area contributed by atoms with Gasteiger partial charge in [0.1, 0.15) is 9.84 Å². The molecule has 96 valence electrons. The van der Waals surface area contributed by atoms with Gasteiger partial charge in [-0.05, 0) is 37.1 Å². The second-order valence-corrected chi connectivity index (χ2v) is 6.68. The fourth-order valence-electron chi connectivity index (χ4n) is 1.96. The Morgan fingerprint density at radius 2 is 1.94 bits per heavy atom. The molecule has 0 spiro atoms. The highest BCUT2D eigenvalue weighted by Gasteiger charge is 2.18. The molecule has 1 atom stereocenters. The summed E-state index contributed by atoms with van der Waals surface area (Å²) < 4.78 is 22.9. The zero-order chi connectivity index (χ0) is 13.1. The lowest BCUT2D eigenvalue weighted by atomic mass is 9.98. The van der Waals surface area contributed by atoms with Crippen LogP contribution in [-0.4, -0.2) is 27.0 Å². The van der Waals surface area contributed by atoms with Gasteiger partial charge in [-0.3, -0.25) is 0 Å². The van der Waals surface area contributed by atoms with Gasteiger partial charge < -0.3 is 5.32 Å². The maximum atomic E-state index is 11.4. The summed E-state index contributed by atoms with van der Waals surface area (Å²) in [7, 11) is -2.99. The highest BCUT2D eigenvalue weighted by Crippen LogP contribution is 2.21. The molecule has 0 saturated heterocycles. The van der Waals surface area contributed by atoms with Crippen molar-refractivity contribution < 1.29 is 8.42 Å². The standard InChI is InChI=1S/C13H21NO2S/c1-5-14-13(9-17(4,15)16)12-8-6-7-10(2)11(12)3/h6-8,13-14H,5,9H2,1-4H3. The van der Waals surface area contributed by atoms with Crippen LogP contribution in [-0.2, 0) is 9.84 Å². The summed E-state index contributed by atoms with van der Waals surface area (Å²) >= 11 is 0. The van der Waals surface area contributed by atoms with Crippen LogP contribution < -0.4 is 5.32 Å². The molecular formula is C13H21NO2S. The van der Waals surface area contributed by atoms with Crippen LogP contribution in [0.5, 0.6) is 0 Å². The van der Waals surface area contributed by atoms with Crippen LogP contribution in [0.15, 0.2) is 18.2 Å². The first-order chi connectivity index (χ1) is 7.85. The van der Waals surface area contributed by atoms with Crippen LogP contribution in [0.2, 0.25) is 0 Å². The van der Waals surface area contributed by atoms with Crippen molar-refractivity contribution in [3.63, 3.8) is 0 Å². The Kier molecular flexibility index (Phi) is 4.71. The minimum absolute atomic E-state index is 0.116. The molecule has 0 aliphatic carbocycles. The maximum Gasteiger partial charge on any atom is 0.149 e. The Balaban J connectivity index is 3.09. The second-order valence-electron chi connectivity index (χ2n) is 4.49. The van der Waals surface area contributed by atoms with Gasteiger partial charge in [-0.25, -0.2) is 8.42 Å². The molecule has 0 aliphatic rings. The molecule has 0 aliphatic heterocycles. The Morgan fingerprint density at radius 3 is 2.47 bits per heavy atom. The highest BCUT2D eigenvalue weighted by atomic mass is 32.2. The van der Waals surface area contributed by atoms with Crippen molar-refractivity contribution >= 4 is 9.84 Å². The fraction of sp³-hybridized carbons (Fsp3) is 0.538. The lowest BCUT2D eigenvalue weighted by Crippen LogP contribution is -2.28. The van der Waals surface area contributed by atoms with E-state index in [2.05, 4.69) is 5.32 Å². The molecule has 0 bridgehead atoms. The van der Waals surface area contributed by atoms with Gasteiger partial charge in [0.15, 0.2) is 0 Å². The van der Waals surface area contributed by atoms with E-state index in [1.54, 1.807) is 0 Å². The van der Waals surface area contributed by atoms with E-state index >= 15 is 0 Å². The second kappa shape index (κ2) is 5.65. The molecule has 1 unspecified atom stereocenters. The van der Waals surface area contributed by atoms with E-state index in [0.717, 1.165) is 12.1 Å². The van der Waals surface area contributed by atoms with Gasteiger partial charge >= 0.3 is 0 Å². The van der Waals surface area contributed by atoms with Crippen LogP contribution in [0.1, 0.15) is 29.7 Å². The van der Waals surface area contributed by atoms with Crippen LogP contribution in [0.25, 0.3) is 0 Å². The average molecular weight is 255 g/mol. The van der Waals surface area contributed by atoms with Gasteiger partial charge in [0.2, 0.25) is 0 Å². The molecule has 0 radical (unpaired) electrons. The van der Waals surface area contributed by atoms with E-state index in [9.17, 15) is 8.42 Å². The summed E-state index contributed by atoms with van der Waals surface area (Å²) in [6.45, 7) is 6.83. The van der Waals surface area contributed by atoms with Crippen molar-refractivity contribution in [2.45, 2.75) is 26.8 Å². The molecule has 1 rings (SSSR count). The van der Waals surface area contributed by atoms with Gasteiger partial charge in [-0.1, -0.05) is 25.1 Å². The van der Waals surface area contributed by atoms with E-state index in [4.69, 9.17) is 0 Å². The molecule has 4 heteroatoms. The molecule has 3 nitrogen and oxygen atoms in total. The average Bonchev–Trinajstić information content (AvgIpc) is 2.19. The predicted molar refractivity (Wildman–Crippen MR) is 72.0 cm³/mol. The number of hydrogen-bond acceptors (Lipinski definition) is 3. The van der Waals surface area contributed by atoms with Crippen molar-refractivity contribution in [3.8, 4) is 0 Å². The topological polar surface area (TPSA) is 46.2 Å². The molecule has 0 aromatic heterocycles. The van der Waals surface area contributed by atoms with E-state index < -0.39 is 9.84 Å². The molecule has 1 aromatic carbocycles. The summed E-state index contributed by atoms with van der Waals surface area (Å²) in [4.78, 5) is 0. The molecule has 17 heavy (non-hydrogen) atoms. The molecule has 1 N–H and O–H groups in total. The summed E-state index contributed by atoms with van der Waals surface area (Å²) in [5.74, 6) is 0.144. The van der Waals surface area contributed by atoms with Crippen LogP contribution in [0, 0.1) is 13.8 Å². The normalized spacial score (nSPS) is 13.6. The van der Waals surface area contributed by atoms with Crippen LogP contribution in [0.3, 0.4) is 0 Å². The van der Waals surface area contributed by atoms with Gasteiger partial charge in [-0.2, -0.15) is 0 Å². The van der Waals surface area contributed by atoms with Crippen molar-refractivity contribution in [1.82, 2.24) is 5.32 Å². The number of hydrogen-bond donors (Lipinski definition) is 1. The molecular weight excluding hydrogens is 234 g/mol. The zero-order valence-electron chi connectivity index (χ0n) is 10.9. The largest absolute Gasteiger partial charge is 0.309 e. The number of nitrogens with one attached hydrogen (secondary N) is 1. The van der Waals surface area contributed by atoms with Crippen molar-refractivity contribution in [1.29, 1.82) is 0 Å². The molecule has 0 heterocycles. The summed E-state index contributed by atoms with van der Waals surface area (Å²) in [6, 6.07) is 5.91. The monoisotopic (exact) mass is 255 g/mol. The number of aryl methyl sites for hydroxylation is 1. The smallest absolute Gasteiger partial charge is 0.149 e. The lowest BCUT2D eigenvalue weighted by Gasteiger charge is -2.20. The van der Waals surface area contributed by atoms with Crippen molar-refractivity contribution in [2.24, 2.45) is 0 Å². The van der Waals surface area contributed by atoms with Gasteiger partial charge in [0, 0.05) is 12.3 Å². The SMILES string of the molecule is CCNC(CS(C)(=O)=O)c1cccc(C)c1C. The third-order valence-electron chi connectivity index (χ3n) is 2.94. The predicted octanol–water partition coefficient (Wildman–Crippen LogP) is 2.00. The fourth-order valence-corrected chi connectivity index (χ4v) is 2.86. The molecule has 1 aromatic rings. The quantitative estimate of drug-likeness (QED) is 0.875. The minimum Gasteiger partial charge on any atom is -0.309 e. The summed E-state index contributed by atoms with van der Waals surface area (Å²) in [5, 5.41) is 3.24. The number of sulfone groups is 1. The summed E-state index contributed by atoms with van der Waals surface area (Å²) in [6.07, 6.45) is 1.28. The van der Waals surface area contributed by atoms with Gasteiger partial charge in [-0.15, -0.1) is 0 Å². The molecule has 0 fully saturated rings. The third kappa shape index (κ3) is 4.13. The van der Waals surface area contributed by atoms with Crippen LogP contribution >= 0.6 is 0 Å². The van der Waals surface area contributed by atoms with Gasteiger partial charge in [0.05, 0.1) is 5.75 Å². The van der Waals surface area contributed by atoms with Crippen molar-refractivity contribution in [3.05, 3.63) is 34.9 Å². The van der Waals surface area contributed by atoms with Crippen LogP contribution in [0.4, 0.5) is 0 Å². The first-order valence-electron chi connectivity index (χ1n) is 5.82. The van der Waals surface area contributed by atoms with E-state index in [1.165, 1.54) is 17.4 Å². The summed E-state index contributed by atoms with van der Waals surface area (Å²) in [5.41, 5.74) is 3.44. The van der Waals surface area contributed by atoms with E-state index in [-0.39, 0.29) is 11.8 Å². The number of rotatable bonds is 5. The Morgan fingerprint density at radius 1 is 1.29 bits per heavy atom. The zero-order valence-corrected chi connectivity index (χ0v) is 11.8. The maximum absolute atomic E-state index is 11.4. The Bertz CT molecular complexity index is 480. The Hall–Kier alpha value is -0.870. The number of benzene rings is 1. The van der Waals surface area contributed by atoms with E-state index in [1.807, 2.05) is 39.0 Å².